The van der Waals surface area contributed by atoms with Crippen molar-refractivity contribution in [2.75, 3.05) is 17.1 Å². The minimum atomic E-state index is -0.942. The number of aryl methyl sites for hydroxylation is 1. The molecule has 3 unspecified atom stereocenters. The van der Waals surface area contributed by atoms with Crippen molar-refractivity contribution < 1.29 is 24.0 Å². The van der Waals surface area contributed by atoms with Crippen LogP contribution in [0.5, 0.6) is 0 Å². The Morgan fingerprint density at radius 2 is 1.55 bits per heavy atom. The van der Waals surface area contributed by atoms with Gasteiger partial charge in [0, 0.05) is 0 Å². The Hall–Kier alpha value is -3.97. The number of benzene rings is 3. The third-order valence-electron chi connectivity index (χ3n) is 6.16. The van der Waals surface area contributed by atoms with Gasteiger partial charge in [-0.15, -0.1) is 0 Å². The Morgan fingerprint density at radius 3 is 2.21 bits per heavy atom. The number of carbonyl (C=O) groups is 3. The van der Waals surface area contributed by atoms with Gasteiger partial charge in [-0.2, -0.15) is 0 Å². The standard InChI is InChI=1S/C26H22N2O5/c1-16-8-6-7-11-20(16)28-22(17-12-14-18(15-13-17)26(31)32-2)21-23(33-28)25(30)27(24(21)29)19-9-4-3-5-10-19/h3-15,21-23H,1-2H3. The predicted octanol–water partition coefficient (Wildman–Crippen LogP) is 3.83. The first-order valence-corrected chi connectivity index (χ1v) is 10.6. The largest absolute Gasteiger partial charge is 0.465 e. The molecule has 2 heterocycles. The van der Waals surface area contributed by atoms with Crippen molar-refractivity contribution in [3.63, 3.8) is 0 Å². The summed E-state index contributed by atoms with van der Waals surface area (Å²) in [4.78, 5) is 46.2. The van der Waals surface area contributed by atoms with Gasteiger partial charge in [-0.3, -0.25) is 14.4 Å². The smallest absolute Gasteiger partial charge is 0.337 e. The summed E-state index contributed by atoms with van der Waals surface area (Å²) in [5.41, 5.74) is 3.41. The van der Waals surface area contributed by atoms with E-state index in [0.29, 0.717) is 11.3 Å². The van der Waals surface area contributed by atoms with Crippen molar-refractivity contribution in [1.29, 1.82) is 0 Å². The van der Waals surface area contributed by atoms with Crippen LogP contribution >= 0.6 is 0 Å². The predicted molar refractivity (Wildman–Crippen MR) is 121 cm³/mol. The molecule has 0 aliphatic carbocycles. The van der Waals surface area contributed by atoms with Crippen LogP contribution in [0.3, 0.4) is 0 Å². The number of rotatable bonds is 4. The molecular weight excluding hydrogens is 420 g/mol. The molecule has 2 fully saturated rings. The van der Waals surface area contributed by atoms with Gasteiger partial charge in [0.15, 0.2) is 6.10 Å². The van der Waals surface area contributed by atoms with E-state index >= 15 is 0 Å². The Balaban J connectivity index is 1.59. The average molecular weight is 442 g/mol. The molecule has 7 nitrogen and oxygen atoms in total. The highest BCUT2D eigenvalue weighted by Crippen LogP contribution is 2.48. The van der Waals surface area contributed by atoms with Crippen LogP contribution in [0.15, 0.2) is 78.9 Å². The number of hydrogen-bond acceptors (Lipinski definition) is 6. The molecule has 0 saturated carbocycles. The Morgan fingerprint density at radius 1 is 0.879 bits per heavy atom. The fourth-order valence-electron chi connectivity index (χ4n) is 4.54. The van der Waals surface area contributed by atoms with E-state index < -0.39 is 24.0 Å². The first-order valence-electron chi connectivity index (χ1n) is 10.6. The van der Waals surface area contributed by atoms with E-state index in [4.69, 9.17) is 9.57 Å². The fourth-order valence-corrected chi connectivity index (χ4v) is 4.54. The second kappa shape index (κ2) is 8.18. The van der Waals surface area contributed by atoms with Crippen molar-refractivity contribution in [2.45, 2.75) is 19.1 Å². The highest BCUT2D eigenvalue weighted by atomic mass is 16.7. The molecule has 2 aliphatic rings. The van der Waals surface area contributed by atoms with Crippen LogP contribution in [0, 0.1) is 12.8 Å². The van der Waals surface area contributed by atoms with Crippen molar-refractivity contribution in [2.24, 2.45) is 5.92 Å². The zero-order valence-electron chi connectivity index (χ0n) is 18.2. The van der Waals surface area contributed by atoms with E-state index in [0.717, 1.165) is 16.8 Å². The van der Waals surface area contributed by atoms with Crippen LogP contribution in [-0.2, 0) is 19.2 Å². The average Bonchev–Trinajstić information content (AvgIpc) is 3.35. The molecular formula is C26H22N2O5. The maximum Gasteiger partial charge on any atom is 0.337 e. The highest BCUT2D eigenvalue weighted by Gasteiger charge is 2.60. The van der Waals surface area contributed by atoms with E-state index in [-0.39, 0.29) is 11.8 Å². The number of hydrogen-bond donors (Lipinski definition) is 0. The van der Waals surface area contributed by atoms with Gasteiger partial charge < -0.3 is 4.74 Å². The molecule has 0 radical (unpaired) electrons. The fraction of sp³-hybridized carbons (Fsp3) is 0.192. The van der Waals surface area contributed by atoms with Crippen molar-refractivity contribution in [3.05, 3.63) is 95.6 Å². The molecule has 2 amide bonds. The van der Waals surface area contributed by atoms with Gasteiger partial charge in [0.2, 0.25) is 5.91 Å². The molecule has 3 atom stereocenters. The lowest BCUT2D eigenvalue weighted by atomic mass is 9.90. The molecule has 3 aromatic rings. The van der Waals surface area contributed by atoms with Gasteiger partial charge >= 0.3 is 5.97 Å². The van der Waals surface area contributed by atoms with E-state index in [2.05, 4.69) is 0 Å². The molecule has 0 aromatic heterocycles. The molecule has 2 saturated heterocycles. The van der Waals surface area contributed by atoms with Crippen molar-refractivity contribution in [1.82, 2.24) is 0 Å². The number of hydroxylamine groups is 1. The molecule has 3 aromatic carbocycles. The lowest BCUT2D eigenvalue weighted by Gasteiger charge is -2.29. The Bertz CT molecular complexity index is 1220. The topological polar surface area (TPSA) is 76.2 Å². The molecule has 0 bridgehead atoms. The molecule has 5 rings (SSSR count). The zero-order valence-corrected chi connectivity index (χ0v) is 18.2. The minimum Gasteiger partial charge on any atom is -0.465 e. The van der Waals surface area contributed by atoms with Crippen molar-refractivity contribution in [3.8, 4) is 0 Å². The van der Waals surface area contributed by atoms with Gasteiger partial charge in [0.1, 0.15) is 5.92 Å². The Kier molecular flexibility index (Phi) is 5.18. The SMILES string of the molecule is COC(=O)c1ccc(C2C3C(=O)N(c4ccccc4)C(=O)C3ON2c2ccccc2C)cc1. The van der Waals surface area contributed by atoms with Crippen LogP contribution in [0.25, 0.3) is 0 Å². The first kappa shape index (κ1) is 20.9. The first-order chi connectivity index (χ1) is 16.0. The number of carbonyl (C=O) groups excluding carboxylic acids is 3. The number of imide groups is 1. The number of ether oxygens (including phenoxy) is 1. The number of nitrogens with zero attached hydrogens (tertiary/aromatic N) is 2. The quantitative estimate of drug-likeness (QED) is 0.452. The molecule has 7 heteroatoms. The van der Waals surface area contributed by atoms with Crippen LogP contribution in [0.1, 0.15) is 27.5 Å². The van der Waals surface area contributed by atoms with E-state index in [1.54, 1.807) is 53.6 Å². The monoisotopic (exact) mass is 442 g/mol. The summed E-state index contributed by atoms with van der Waals surface area (Å²) in [6.07, 6.45) is -0.942. The van der Waals surface area contributed by atoms with Crippen LogP contribution in [-0.4, -0.2) is 31.0 Å². The maximum atomic E-state index is 13.6. The van der Waals surface area contributed by atoms with Crippen LogP contribution in [0.2, 0.25) is 0 Å². The van der Waals surface area contributed by atoms with E-state index in [1.165, 1.54) is 12.0 Å². The highest BCUT2D eigenvalue weighted by molar-refractivity contribution is 6.23. The molecule has 2 aliphatic heterocycles. The molecule has 166 valence electrons. The summed E-state index contributed by atoms with van der Waals surface area (Å²) in [7, 11) is 1.33. The normalized spacial score (nSPS) is 21.9. The molecule has 0 spiro atoms. The minimum absolute atomic E-state index is 0.311. The third kappa shape index (κ3) is 3.37. The van der Waals surface area contributed by atoms with Gasteiger partial charge in [0.05, 0.1) is 30.1 Å². The van der Waals surface area contributed by atoms with Crippen molar-refractivity contribution >= 4 is 29.2 Å². The lowest BCUT2D eigenvalue weighted by Crippen LogP contribution is -2.37. The number of esters is 1. The second-order valence-electron chi connectivity index (χ2n) is 8.07. The second-order valence-corrected chi connectivity index (χ2v) is 8.07. The number of para-hydroxylation sites is 2. The Labute approximate surface area is 191 Å². The van der Waals surface area contributed by atoms with E-state index in [1.807, 2.05) is 37.3 Å². The van der Waals surface area contributed by atoms with E-state index in [9.17, 15) is 14.4 Å². The maximum absolute atomic E-state index is 13.6. The summed E-state index contributed by atoms with van der Waals surface area (Å²) >= 11 is 0. The summed E-state index contributed by atoms with van der Waals surface area (Å²) in [5, 5.41) is 1.66. The lowest BCUT2D eigenvalue weighted by molar-refractivity contribution is -0.126. The summed E-state index contributed by atoms with van der Waals surface area (Å²) in [6.45, 7) is 1.95. The number of anilines is 2. The number of fused-ring (bicyclic) bond motifs is 1. The molecule has 33 heavy (non-hydrogen) atoms. The van der Waals surface area contributed by atoms with Gasteiger partial charge in [0.25, 0.3) is 5.91 Å². The number of methoxy groups -OCH3 is 1. The van der Waals surface area contributed by atoms with Crippen LogP contribution in [0.4, 0.5) is 11.4 Å². The summed E-state index contributed by atoms with van der Waals surface area (Å²) in [6, 6.07) is 22.8. The van der Waals surface area contributed by atoms with Gasteiger partial charge in [-0.25, -0.2) is 14.8 Å². The zero-order chi connectivity index (χ0) is 23.1. The number of amides is 2. The van der Waals surface area contributed by atoms with Gasteiger partial charge in [-0.05, 0) is 48.4 Å². The third-order valence-corrected chi connectivity index (χ3v) is 6.16. The van der Waals surface area contributed by atoms with Crippen LogP contribution < -0.4 is 9.96 Å². The van der Waals surface area contributed by atoms with Gasteiger partial charge in [-0.1, -0.05) is 48.5 Å². The molecule has 0 N–H and O–H groups in total. The summed E-state index contributed by atoms with van der Waals surface area (Å²) < 4.78 is 4.79. The summed E-state index contributed by atoms with van der Waals surface area (Å²) in [5.74, 6) is -1.88.